The quantitative estimate of drug-likeness (QED) is 0.256. The summed E-state index contributed by atoms with van der Waals surface area (Å²) in [6.07, 6.45) is 1.66. The summed E-state index contributed by atoms with van der Waals surface area (Å²) in [5.74, 6) is 0.761. The highest BCUT2D eigenvalue weighted by Gasteiger charge is 2.26. The maximum absolute atomic E-state index is 11.8. The number of anilines is 2. The highest BCUT2D eigenvalue weighted by molar-refractivity contribution is 5.86. The van der Waals surface area contributed by atoms with Gasteiger partial charge in [-0.25, -0.2) is 0 Å². The van der Waals surface area contributed by atoms with E-state index in [4.69, 9.17) is 9.47 Å². The van der Waals surface area contributed by atoms with E-state index in [0.29, 0.717) is 40.4 Å². The molecule has 182 valence electrons. The molecule has 1 atom stereocenters. The number of fused-ring (bicyclic) bond motifs is 1. The first-order chi connectivity index (χ1) is 16.9. The molecule has 0 fully saturated rings. The van der Waals surface area contributed by atoms with E-state index in [2.05, 4.69) is 29.4 Å². The standard InChI is InChI=1S/C26H27N3O6/c1-28-22(10-19-5-3-4-6-24(19)28)13-27-23-12-26(25(34-2)11-20(23)15-31)35-16-18-7-17(14-30)8-21(9-18)29(32)33/h3-9,11-12,15,22,27,30H,10,13-14,16H2,1-2H3. The number of nitro benzene ring substituents is 1. The lowest BCUT2D eigenvalue weighted by Gasteiger charge is -2.24. The molecule has 3 aromatic carbocycles. The smallest absolute Gasteiger partial charge is 0.270 e. The SMILES string of the molecule is COc1cc(C=O)c(NCC2Cc3ccccc3N2C)cc1OCc1cc(CO)cc([N+](=O)[O-])c1. The molecule has 0 saturated heterocycles. The number of nitro groups is 1. The van der Waals surface area contributed by atoms with Crippen molar-refractivity contribution in [2.75, 3.05) is 30.9 Å². The Labute approximate surface area is 203 Å². The van der Waals surface area contributed by atoms with Gasteiger partial charge in [0, 0.05) is 48.7 Å². The first kappa shape index (κ1) is 24.0. The third-order valence-electron chi connectivity index (χ3n) is 6.19. The molecule has 0 bridgehead atoms. The van der Waals surface area contributed by atoms with Gasteiger partial charge in [0.2, 0.25) is 0 Å². The third-order valence-corrected chi connectivity index (χ3v) is 6.19. The number of likely N-dealkylation sites (N-methyl/N-ethyl adjacent to an activating group) is 1. The van der Waals surface area contributed by atoms with Gasteiger partial charge in [-0.2, -0.15) is 0 Å². The van der Waals surface area contributed by atoms with E-state index in [1.165, 1.54) is 30.5 Å². The number of carbonyl (C=O) groups is 1. The van der Waals surface area contributed by atoms with Crippen LogP contribution in [0.5, 0.6) is 11.5 Å². The number of methoxy groups -OCH3 is 1. The Hall–Kier alpha value is -4.11. The van der Waals surface area contributed by atoms with E-state index in [9.17, 15) is 20.0 Å². The van der Waals surface area contributed by atoms with Crippen molar-refractivity contribution in [2.45, 2.75) is 25.7 Å². The lowest BCUT2D eigenvalue weighted by molar-refractivity contribution is -0.385. The normalized spacial score (nSPS) is 14.4. The Kier molecular flexibility index (Phi) is 7.17. The summed E-state index contributed by atoms with van der Waals surface area (Å²) in [6.45, 7) is 0.313. The molecule has 3 aromatic rings. The number of benzene rings is 3. The fraction of sp³-hybridized carbons (Fsp3) is 0.269. The molecule has 1 aliphatic heterocycles. The van der Waals surface area contributed by atoms with Gasteiger partial charge in [-0.15, -0.1) is 0 Å². The Morgan fingerprint density at radius 3 is 2.63 bits per heavy atom. The van der Waals surface area contributed by atoms with Gasteiger partial charge < -0.3 is 24.8 Å². The van der Waals surface area contributed by atoms with Crippen LogP contribution in [0.25, 0.3) is 0 Å². The Balaban J connectivity index is 1.52. The van der Waals surface area contributed by atoms with Crippen molar-refractivity contribution in [3.63, 3.8) is 0 Å². The Morgan fingerprint density at radius 1 is 1.17 bits per heavy atom. The molecule has 1 heterocycles. The minimum Gasteiger partial charge on any atom is -0.493 e. The maximum atomic E-state index is 11.8. The first-order valence-electron chi connectivity index (χ1n) is 11.2. The number of aliphatic hydroxyl groups excluding tert-OH is 1. The predicted octanol–water partition coefficient (Wildman–Crippen LogP) is 3.96. The van der Waals surface area contributed by atoms with Gasteiger partial charge in [-0.1, -0.05) is 18.2 Å². The number of hydrogen-bond acceptors (Lipinski definition) is 8. The van der Waals surface area contributed by atoms with Crippen molar-refractivity contribution in [1.82, 2.24) is 0 Å². The van der Waals surface area contributed by atoms with Gasteiger partial charge in [0.25, 0.3) is 5.69 Å². The van der Waals surface area contributed by atoms with E-state index in [1.54, 1.807) is 18.2 Å². The van der Waals surface area contributed by atoms with Crippen molar-refractivity contribution in [2.24, 2.45) is 0 Å². The lowest BCUT2D eigenvalue weighted by atomic mass is 10.1. The molecule has 2 N–H and O–H groups in total. The van der Waals surface area contributed by atoms with Gasteiger partial charge in [-0.3, -0.25) is 14.9 Å². The molecule has 0 spiro atoms. The monoisotopic (exact) mass is 477 g/mol. The van der Waals surface area contributed by atoms with Crippen LogP contribution in [0.15, 0.2) is 54.6 Å². The number of aldehydes is 1. The van der Waals surface area contributed by atoms with Crippen molar-refractivity contribution in [3.05, 3.63) is 87.0 Å². The molecule has 9 heteroatoms. The molecule has 0 amide bonds. The average Bonchev–Trinajstić information content (AvgIpc) is 3.21. The molecule has 1 unspecified atom stereocenters. The Bertz CT molecular complexity index is 1250. The second-order valence-electron chi connectivity index (χ2n) is 8.40. The van der Waals surface area contributed by atoms with Gasteiger partial charge in [0.05, 0.1) is 24.7 Å². The van der Waals surface area contributed by atoms with Crippen LogP contribution >= 0.6 is 0 Å². The van der Waals surface area contributed by atoms with Gasteiger partial charge in [-0.05, 0) is 41.3 Å². The molecular formula is C26H27N3O6. The molecule has 35 heavy (non-hydrogen) atoms. The molecule has 0 saturated carbocycles. The molecule has 0 radical (unpaired) electrons. The average molecular weight is 478 g/mol. The van der Waals surface area contributed by atoms with Crippen LogP contribution in [0.1, 0.15) is 27.0 Å². The number of hydrogen-bond donors (Lipinski definition) is 2. The summed E-state index contributed by atoms with van der Waals surface area (Å²) in [5.41, 5.74) is 4.36. The zero-order valence-corrected chi connectivity index (χ0v) is 19.6. The highest BCUT2D eigenvalue weighted by atomic mass is 16.6. The topological polar surface area (TPSA) is 114 Å². The van der Waals surface area contributed by atoms with E-state index in [1.807, 2.05) is 12.1 Å². The van der Waals surface area contributed by atoms with E-state index in [-0.39, 0.29) is 24.9 Å². The minimum atomic E-state index is -0.511. The van der Waals surface area contributed by atoms with E-state index in [0.717, 1.165) is 12.7 Å². The fourth-order valence-electron chi connectivity index (χ4n) is 4.33. The number of para-hydroxylation sites is 1. The Morgan fingerprint density at radius 2 is 1.94 bits per heavy atom. The number of rotatable bonds is 10. The summed E-state index contributed by atoms with van der Waals surface area (Å²) < 4.78 is 11.3. The molecule has 4 rings (SSSR count). The maximum Gasteiger partial charge on any atom is 0.270 e. The van der Waals surface area contributed by atoms with Crippen LogP contribution in [0.3, 0.4) is 0 Å². The largest absolute Gasteiger partial charge is 0.493 e. The number of nitrogens with one attached hydrogen (secondary N) is 1. The summed E-state index contributed by atoms with van der Waals surface area (Å²) in [4.78, 5) is 24.7. The van der Waals surface area contributed by atoms with Crippen LogP contribution in [-0.4, -0.2) is 43.1 Å². The van der Waals surface area contributed by atoms with Gasteiger partial charge in [0.1, 0.15) is 6.61 Å². The number of nitrogens with zero attached hydrogens (tertiary/aromatic N) is 2. The highest BCUT2D eigenvalue weighted by Crippen LogP contribution is 2.35. The van der Waals surface area contributed by atoms with Crippen LogP contribution in [0.4, 0.5) is 17.1 Å². The molecule has 0 aromatic heterocycles. The first-order valence-corrected chi connectivity index (χ1v) is 11.2. The minimum absolute atomic E-state index is 0.0194. The van der Waals surface area contributed by atoms with Gasteiger partial charge in [0.15, 0.2) is 17.8 Å². The second-order valence-corrected chi connectivity index (χ2v) is 8.40. The number of ether oxygens (including phenoxy) is 2. The zero-order valence-electron chi connectivity index (χ0n) is 19.6. The summed E-state index contributed by atoms with van der Waals surface area (Å²) in [6, 6.07) is 16.2. The van der Waals surface area contributed by atoms with Gasteiger partial charge >= 0.3 is 0 Å². The number of carbonyl (C=O) groups excluding carboxylic acids is 1. The number of non-ortho nitro benzene ring substituents is 1. The van der Waals surface area contributed by atoms with Crippen LogP contribution in [-0.2, 0) is 19.6 Å². The molecular weight excluding hydrogens is 450 g/mol. The summed E-state index contributed by atoms with van der Waals surface area (Å²) in [7, 11) is 3.53. The third kappa shape index (κ3) is 5.20. The molecule has 1 aliphatic rings. The predicted molar refractivity (Wildman–Crippen MR) is 133 cm³/mol. The van der Waals surface area contributed by atoms with E-state index < -0.39 is 4.92 Å². The molecule has 0 aliphatic carbocycles. The van der Waals surface area contributed by atoms with Crippen molar-refractivity contribution in [3.8, 4) is 11.5 Å². The van der Waals surface area contributed by atoms with Crippen molar-refractivity contribution < 1.29 is 24.3 Å². The van der Waals surface area contributed by atoms with Crippen LogP contribution < -0.4 is 19.7 Å². The molecule has 9 nitrogen and oxygen atoms in total. The van der Waals surface area contributed by atoms with Crippen molar-refractivity contribution in [1.29, 1.82) is 0 Å². The lowest BCUT2D eigenvalue weighted by Crippen LogP contribution is -2.34. The van der Waals surface area contributed by atoms with Crippen molar-refractivity contribution >= 4 is 23.3 Å². The van der Waals surface area contributed by atoms with Crippen LogP contribution in [0, 0.1) is 10.1 Å². The van der Waals surface area contributed by atoms with E-state index >= 15 is 0 Å². The fourth-order valence-corrected chi connectivity index (χ4v) is 4.33. The number of aliphatic hydroxyl groups is 1. The zero-order chi connectivity index (χ0) is 24.9. The summed E-state index contributed by atoms with van der Waals surface area (Å²) >= 11 is 0. The summed E-state index contributed by atoms with van der Waals surface area (Å²) in [5, 5.41) is 24.0. The van der Waals surface area contributed by atoms with Crippen LogP contribution in [0.2, 0.25) is 0 Å². The second kappa shape index (κ2) is 10.4.